The van der Waals surface area contributed by atoms with Crippen molar-refractivity contribution >= 4 is 29.1 Å². The van der Waals surface area contributed by atoms with Crippen LogP contribution in [-0.4, -0.2) is 32.4 Å². The zero-order valence-electron chi connectivity index (χ0n) is 15.2. The molecule has 0 aliphatic carbocycles. The van der Waals surface area contributed by atoms with Crippen LogP contribution in [0.4, 0.5) is 11.6 Å². The third-order valence-electron chi connectivity index (χ3n) is 4.51. The Bertz CT molecular complexity index is 1200. The molecule has 0 radical (unpaired) electrons. The minimum Gasteiger partial charge on any atom is -0.366 e. The van der Waals surface area contributed by atoms with E-state index in [1.54, 1.807) is 0 Å². The summed E-state index contributed by atoms with van der Waals surface area (Å²) in [6.07, 6.45) is 1.83. The molecule has 4 aromatic rings. The van der Waals surface area contributed by atoms with E-state index in [1.165, 1.54) is 0 Å². The standard InChI is InChI=1S/C21H16ClN7/c22-15-8-3-1-6-13(15)19-26-20(17-10-5-11-23-17)29-21(28-19)27-18-14-7-2-4-9-16(14)24-12-25-18/h1-11,23-24H,12H2,(H,25,26,27,28,29). The molecule has 0 atom stereocenters. The smallest absolute Gasteiger partial charge is 0.232 e. The first-order valence-corrected chi connectivity index (χ1v) is 9.45. The lowest BCUT2D eigenvalue weighted by atomic mass is 10.1. The number of para-hydroxylation sites is 1. The van der Waals surface area contributed by atoms with Gasteiger partial charge in [-0.3, -0.25) is 0 Å². The first kappa shape index (κ1) is 17.4. The number of hydrogen-bond acceptors (Lipinski definition) is 6. The van der Waals surface area contributed by atoms with Crippen molar-refractivity contribution < 1.29 is 0 Å². The number of hydrogen-bond donors (Lipinski definition) is 3. The number of halogens is 1. The maximum atomic E-state index is 6.39. The fraction of sp³-hybridized carbons (Fsp3) is 0.0476. The van der Waals surface area contributed by atoms with Gasteiger partial charge in [0.05, 0.1) is 10.7 Å². The molecule has 8 heteroatoms. The number of benzene rings is 2. The summed E-state index contributed by atoms with van der Waals surface area (Å²) in [5.41, 5.74) is 3.49. The molecule has 3 N–H and O–H groups in total. The van der Waals surface area contributed by atoms with Crippen LogP contribution in [0.25, 0.3) is 22.9 Å². The largest absolute Gasteiger partial charge is 0.366 e. The van der Waals surface area contributed by atoms with E-state index < -0.39 is 0 Å². The van der Waals surface area contributed by atoms with Gasteiger partial charge in [-0.2, -0.15) is 9.97 Å². The molecule has 29 heavy (non-hydrogen) atoms. The molecule has 1 aliphatic heterocycles. The van der Waals surface area contributed by atoms with Gasteiger partial charge in [0.25, 0.3) is 0 Å². The Morgan fingerprint density at radius 1 is 0.828 bits per heavy atom. The van der Waals surface area contributed by atoms with E-state index in [0.717, 1.165) is 22.5 Å². The van der Waals surface area contributed by atoms with E-state index >= 15 is 0 Å². The second-order valence-corrected chi connectivity index (χ2v) is 6.79. The van der Waals surface area contributed by atoms with Crippen molar-refractivity contribution in [2.75, 3.05) is 17.3 Å². The van der Waals surface area contributed by atoms with Gasteiger partial charge in [0, 0.05) is 23.0 Å². The Hall–Kier alpha value is -3.71. The highest BCUT2D eigenvalue weighted by Crippen LogP contribution is 2.27. The molecule has 0 saturated heterocycles. The van der Waals surface area contributed by atoms with Crippen LogP contribution in [0.2, 0.25) is 5.02 Å². The van der Waals surface area contributed by atoms with E-state index in [1.807, 2.05) is 66.9 Å². The predicted octanol–water partition coefficient (Wildman–Crippen LogP) is 4.43. The van der Waals surface area contributed by atoms with Crippen LogP contribution < -0.4 is 10.6 Å². The zero-order chi connectivity index (χ0) is 19.6. The highest BCUT2D eigenvalue weighted by atomic mass is 35.5. The summed E-state index contributed by atoms with van der Waals surface area (Å²) < 4.78 is 0. The summed E-state index contributed by atoms with van der Waals surface area (Å²) in [5, 5.41) is 7.09. The molecular formula is C21H16ClN7. The molecule has 5 rings (SSSR count). The third kappa shape index (κ3) is 3.43. The summed E-state index contributed by atoms with van der Waals surface area (Å²) in [5.74, 6) is 2.11. The van der Waals surface area contributed by atoms with Crippen LogP contribution in [0.3, 0.4) is 0 Å². The minimum absolute atomic E-state index is 0.398. The monoisotopic (exact) mass is 401 g/mol. The number of aliphatic imine (C=N–C) groups is 1. The fourth-order valence-electron chi connectivity index (χ4n) is 3.13. The van der Waals surface area contributed by atoms with Crippen LogP contribution >= 0.6 is 11.6 Å². The first-order chi connectivity index (χ1) is 14.3. The van der Waals surface area contributed by atoms with E-state index in [4.69, 9.17) is 11.6 Å². The molecule has 0 amide bonds. The molecular weight excluding hydrogens is 386 g/mol. The molecule has 142 valence electrons. The summed E-state index contributed by atoms with van der Waals surface area (Å²) in [7, 11) is 0. The maximum Gasteiger partial charge on any atom is 0.232 e. The van der Waals surface area contributed by atoms with Crippen molar-refractivity contribution in [3.63, 3.8) is 0 Å². The molecule has 0 bridgehead atoms. The van der Waals surface area contributed by atoms with Crippen molar-refractivity contribution in [1.29, 1.82) is 0 Å². The number of aromatic nitrogens is 4. The second kappa shape index (κ2) is 7.37. The van der Waals surface area contributed by atoms with E-state index in [2.05, 4.69) is 35.6 Å². The van der Waals surface area contributed by atoms with Gasteiger partial charge in [-0.05, 0) is 36.4 Å². The summed E-state index contributed by atoms with van der Waals surface area (Å²) in [6, 6.07) is 19.2. The fourth-order valence-corrected chi connectivity index (χ4v) is 3.35. The minimum atomic E-state index is 0.398. The average molecular weight is 402 g/mol. The van der Waals surface area contributed by atoms with Crippen molar-refractivity contribution in [2.45, 2.75) is 0 Å². The Labute approximate surface area is 171 Å². The van der Waals surface area contributed by atoms with Crippen molar-refractivity contribution in [3.8, 4) is 22.9 Å². The van der Waals surface area contributed by atoms with Crippen molar-refractivity contribution in [3.05, 3.63) is 77.4 Å². The second-order valence-electron chi connectivity index (χ2n) is 6.38. The third-order valence-corrected chi connectivity index (χ3v) is 4.84. The molecule has 2 aromatic heterocycles. The Morgan fingerprint density at radius 2 is 1.62 bits per heavy atom. The summed E-state index contributed by atoms with van der Waals surface area (Å²) in [6.45, 7) is 0.477. The Balaban J connectivity index is 1.60. The van der Waals surface area contributed by atoms with Crippen LogP contribution in [-0.2, 0) is 0 Å². The molecule has 3 heterocycles. The van der Waals surface area contributed by atoms with Gasteiger partial charge in [-0.1, -0.05) is 35.9 Å². The van der Waals surface area contributed by atoms with Gasteiger partial charge in [-0.15, -0.1) is 0 Å². The summed E-state index contributed by atoms with van der Waals surface area (Å²) >= 11 is 6.39. The Morgan fingerprint density at radius 3 is 2.45 bits per heavy atom. The van der Waals surface area contributed by atoms with Crippen molar-refractivity contribution in [2.24, 2.45) is 4.99 Å². The highest BCUT2D eigenvalue weighted by Gasteiger charge is 2.17. The lowest BCUT2D eigenvalue weighted by Gasteiger charge is -2.19. The van der Waals surface area contributed by atoms with Crippen LogP contribution in [0.1, 0.15) is 5.56 Å². The Kier molecular flexibility index (Phi) is 4.42. The number of H-pyrrole nitrogens is 1. The highest BCUT2D eigenvalue weighted by molar-refractivity contribution is 6.33. The van der Waals surface area contributed by atoms with Crippen LogP contribution in [0.5, 0.6) is 0 Å². The molecule has 0 unspecified atom stereocenters. The lowest BCUT2D eigenvalue weighted by molar-refractivity contribution is 1.05. The number of fused-ring (bicyclic) bond motifs is 1. The van der Waals surface area contributed by atoms with Gasteiger partial charge < -0.3 is 15.6 Å². The van der Waals surface area contributed by atoms with Gasteiger partial charge in [0.1, 0.15) is 12.5 Å². The number of nitrogens with one attached hydrogen (secondary N) is 3. The average Bonchev–Trinajstić information content (AvgIpc) is 3.29. The van der Waals surface area contributed by atoms with Crippen LogP contribution in [0.15, 0.2) is 71.9 Å². The topological polar surface area (TPSA) is 90.9 Å². The number of aromatic amines is 1. The molecule has 1 aliphatic rings. The predicted molar refractivity (Wildman–Crippen MR) is 115 cm³/mol. The molecule has 0 saturated carbocycles. The quantitative estimate of drug-likeness (QED) is 0.472. The van der Waals surface area contributed by atoms with Gasteiger partial charge in [-0.25, -0.2) is 9.98 Å². The SMILES string of the molecule is Clc1ccccc1-c1nc(NC2=NCNc3ccccc32)nc(-c2ccc[nH]2)n1. The van der Waals surface area contributed by atoms with Gasteiger partial charge in [0.2, 0.25) is 5.95 Å². The molecule has 0 spiro atoms. The van der Waals surface area contributed by atoms with Crippen molar-refractivity contribution in [1.82, 2.24) is 19.9 Å². The first-order valence-electron chi connectivity index (χ1n) is 9.07. The van der Waals surface area contributed by atoms with Gasteiger partial charge in [0.15, 0.2) is 11.6 Å². The number of amidine groups is 1. The normalized spacial score (nSPS) is 12.7. The van der Waals surface area contributed by atoms with Crippen LogP contribution in [0, 0.1) is 0 Å². The van der Waals surface area contributed by atoms with E-state index in [-0.39, 0.29) is 0 Å². The molecule has 2 aromatic carbocycles. The molecule has 7 nitrogen and oxygen atoms in total. The lowest BCUT2D eigenvalue weighted by Crippen LogP contribution is -2.23. The molecule has 0 fully saturated rings. The maximum absolute atomic E-state index is 6.39. The number of rotatable bonds is 3. The van der Waals surface area contributed by atoms with E-state index in [9.17, 15) is 0 Å². The van der Waals surface area contributed by atoms with E-state index in [0.29, 0.717) is 35.1 Å². The zero-order valence-corrected chi connectivity index (χ0v) is 16.0. The number of nitrogens with zero attached hydrogens (tertiary/aromatic N) is 4. The summed E-state index contributed by atoms with van der Waals surface area (Å²) in [4.78, 5) is 21.5. The van der Waals surface area contributed by atoms with Gasteiger partial charge >= 0.3 is 0 Å². The number of anilines is 2.